The zero-order valence-corrected chi connectivity index (χ0v) is 22.8. The van der Waals surface area contributed by atoms with E-state index in [1.165, 1.54) is 23.6 Å². The van der Waals surface area contributed by atoms with E-state index in [2.05, 4.69) is 14.7 Å². The number of alkyl halides is 3. The van der Waals surface area contributed by atoms with Crippen molar-refractivity contribution in [3.63, 3.8) is 0 Å². The number of hydrogen-bond donors (Lipinski definition) is 2. The summed E-state index contributed by atoms with van der Waals surface area (Å²) in [6, 6.07) is 12.6. The highest BCUT2D eigenvalue weighted by molar-refractivity contribution is 7.84. The van der Waals surface area contributed by atoms with Gasteiger partial charge in [-0.2, -0.15) is 13.2 Å². The molecule has 0 amide bonds. The molecule has 0 spiro atoms. The molecule has 0 saturated heterocycles. The summed E-state index contributed by atoms with van der Waals surface area (Å²) in [4.78, 5) is 9.50. The summed E-state index contributed by atoms with van der Waals surface area (Å²) in [5, 5.41) is 11.4. The minimum absolute atomic E-state index is 0.291. The number of pyridine rings is 2. The van der Waals surface area contributed by atoms with Crippen molar-refractivity contribution >= 4 is 44.0 Å². The van der Waals surface area contributed by atoms with Gasteiger partial charge in [0.2, 0.25) is 0 Å². The molecular formula is C26H25ClF3N3O2S2. The Morgan fingerprint density at radius 3 is 2.41 bits per heavy atom. The molecule has 0 saturated carbocycles. The molecule has 3 atom stereocenters. The van der Waals surface area contributed by atoms with E-state index in [9.17, 15) is 22.5 Å². The van der Waals surface area contributed by atoms with Gasteiger partial charge in [0.15, 0.2) is 5.60 Å². The maximum Gasteiger partial charge on any atom is 0.421 e. The van der Waals surface area contributed by atoms with E-state index in [1.54, 1.807) is 30.5 Å². The van der Waals surface area contributed by atoms with Crippen LogP contribution in [0, 0.1) is 0 Å². The van der Waals surface area contributed by atoms with Crippen LogP contribution in [0.15, 0.2) is 60.9 Å². The van der Waals surface area contributed by atoms with Gasteiger partial charge in [-0.15, -0.1) is 11.3 Å². The largest absolute Gasteiger partial charge is 0.421 e. The first-order chi connectivity index (χ1) is 17.2. The maximum atomic E-state index is 13.5. The van der Waals surface area contributed by atoms with Crippen LogP contribution in [-0.2, 0) is 16.6 Å². The first kappa shape index (κ1) is 27.7. The fourth-order valence-corrected chi connectivity index (χ4v) is 5.96. The van der Waals surface area contributed by atoms with Crippen LogP contribution >= 0.6 is 22.9 Å². The van der Waals surface area contributed by atoms with Crippen molar-refractivity contribution in [2.24, 2.45) is 0 Å². The molecule has 11 heteroatoms. The van der Waals surface area contributed by atoms with E-state index in [-0.39, 0.29) is 5.56 Å². The lowest BCUT2D eigenvalue weighted by atomic mass is 9.94. The average Bonchev–Trinajstić information content (AvgIpc) is 3.26. The lowest BCUT2D eigenvalue weighted by molar-refractivity contribution is -0.258. The Morgan fingerprint density at radius 2 is 1.76 bits per heavy atom. The zero-order valence-electron chi connectivity index (χ0n) is 20.4. The van der Waals surface area contributed by atoms with Gasteiger partial charge in [0.25, 0.3) is 0 Å². The molecule has 196 valence electrons. The van der Waals surface area contributed by atoms with Crippen LogP contribution in [0.3, 0.4) is 0 Å². The van der Waals surface area contributed by atoms with Crippen LogP contribution in [-0.4, -0.2) is 30.2 Å². The zero-order chi connectivity index (χ0) is 27.2. The van der Waals surface area contributed by atoms with Gasteiger partial charge < -0.3 is 5.11 Å². The van der Waals surface area contributed by atoms with Crippen molar-refractivity contribution in [2.75, 3.05) is 0 Å². The van der Waals surface area contributed by atoms with E-state index >= 15 is 0 Å². The van der Waals surface area contributed by atoms with Crippen LogP contribution in [0.25, 0.3) is 21.3 Å². The van der Waals surface area contributed by atoms with Crippen molar-refractivity contribution in [2.45, 2.75) is 50.3 Å². The smallest absolute Gasteiger partial charge is 0.376 e. The van der Waals surface area contributed by atoms with Crippen LogP contribution in [0.5, 0.6) is 0 Å². The molecular weight excluding hydrogens is 543 g/mol. The van der Waals surface area contributed by atoms with Gasteiger partial charge in [-0.25, -0.2) is 8.93 Å². The Kier molecular flexibility index (Phi) is 7.53. The molecule has 37 heavy (non-hydrogen) atoms. The molecule has 0 bridgehead atoms. The molecule has 1 aromatic carbocycles. The number of benzene rings is 1. The molecule has 0 radical (unpaired) electrons. The highest BCUT2D eigenvalue weighted by atomic mass is 35.5. The van der Waals surface area contributed by atoms with E-state index in [1.807, 2.05) is 32.9 Å². The summed E-state index contributed by atoms with van der Waals surface area (Å²) < 4.78 is 56.8. The first-order valence-corrected chi connectivity index (χ1v) is 13.6. The number of hydrogen-bond acceptors (Lipinski definition) is 5. The van der Waals surface area contributed by atoms with E-state index in [4.69, 9.17) is 11.6 Å². The van der Waals surface area contributed by atoms with Crippen molar-refractivity contribution in [1.29, 1.82) is 0 Å². The number of fused-ring (bicyclic) bond motifs is 1. The number of nitrogens with one attached hydrogen (secondary N) is 1. The predicted molar refractivity (Wildman–Crippen MR) is 143 cm³/mol. The molecule has 4 aromatic rings. The predicted octanol–water partition coefficient (Wildman–Crippen LogP) is 6.92. The monoisotopic (exact) mass is 567 g/mol. The third-order valence-corrected chi connectivity index (χ3v) is 8.97. The standard InChI is InChI=1S/C26H25ClF3N3O2S2/c1-24(2,3)37(35)33-22(21-18(27)9-6-11-32-21)20-13-15-7-5-8-17(23(15)36-20)19-14-16(10-12-31-19)25(4,34)26(28,29)30/h5-14,22,33-34H,1-4H3/t22-,25+,37-/m0/s1. The van der Waals surface area contributed by atoms with Crippen LogP contribution in [0.2, 0.25) is 5.02 Å². The summed E-state index contributed by atoms with van der Waals surface area (Å²) in [5.41, 5.74) is -1.92. The van der Waals surface area contributed by atoms with Gasteiger partial charge in [-0.1, -0.05) is 29.8 Å². The first-order valence-electron chi connectivity index (χ1n) is 11.3. The minimum atomic E-state index is -4.85. The van der Waals surface area contributed by atoms with E-state index in [0.717, 1.165) is 28.0 Å². The van der Waals surface area contributed by atoms with Crippen LogP contribution in [0.4, 0.5) is 13.2 Å². The second-order valence-electron chi connectivity index (χ2n) is 9.67. The SMILES string of the molecule is CC(C)(C)[S@](=O)N[C@@H](c1cc2cccc(-c3cc([C@@](C)(O)C(F)(F)F)ccn3)c2s1)c1ncccc1Cl. The van der Waals surface area contributed by atoms with Crippen molar-refractivity contribution in [1.82, 2.24) is 14.7 Å². The molecule has 2 N–H and O–H groups in total. The summed E-state index contributed by atoms with van der Waals surface area (Å²) in [5.74, 6) is 0. The summed E-state index contributed by atoms with van der Waals surface area (Å²) in [6.07, 6.45) is -1.99. The summed E-state index contributed by atoms with van der Waals surface area (Å²) in [6.45, 7) is 6.28. The number of aliphatic hydroxyl groups is 1. The minimum Gasteiger partial charge on any atom is -0.376 e. The van der Waals surface area contributed by atoms with Crippen LogP contribution < -0.4 is 4.72 Å². The van der Waals surface area contributed by atoms with Crippen LogP contribution in [0.1, 0.15) is 49.9 Å². The molecule has 3 heterocycles. The third kappa shape index (κ3) is 5.58. The second-order valence-corrected chi connectivity index (χ2v) is 13.2. The lowest BCUT2D eigenvalue weighted by Gasteiger charge is -2.26. The Bertz CT molecular complexity index is 1470. The van der Waals surface area contributed by atoms with Gasteiger partial charge in [-0.05, 0) is 69.0 Å². The quantitative estimate of drug-likeness (QED) is 0.265. The molecule has 0 unspecified atom stereocenters. The van der Waals surface area contributed by atoms with Gasteiger partial charge in [0.05, 0.1) is 38.2 Å². The van der Waals surface area contributed by atoms with Gasteiger partial charge in [-0.3, -0.25) is 9.97 Å². The number of rotatable bonds is 6. The number of nitrogens with zero attached hydrogens (tertiary/aromatic N) is 2. The second kappa shape index (κ2) is 10.1. The van der Waals surface area contributed by atoms with Crippen molar-refractivity contribution < 1.29 is 22.5 Å². The van der Waals surface area contributed by atoms with Crippen molar-refractivity contribution in [3.8, 4) is 11.3 Å². The molecule has 0 aliphatic heterocycles. The normalized spacial score (nSPS) is 15.9. The number of thiophene rings is 1. The molecule has 0 aliphatic carbocycles. The highest BCUT2D eigenvalue weighted by Crippen LogP contribution is 2.42. The molecule has 3 aromatic heterocycles. The molecule has 0 fully saturated rings. The molecule has 5 nitrogen and oxygen atoms in total. The van der Waals surface area contributed by atoms with Gasteiger partial charge >= 0.3 is 6.18 Å². The van der Waals surface area contributed by atoms with Gasteiger partial charge in [0.1, 0.15) is 0 Å². The Morgan fingerprint density at radius 1 is 1.03 bits per heavy atom. The average molecular weight is 568 g/mol. The Labute approximate surface area is 224 Å². The third-order valence-electron chi connectivity index (χ3n) is 5.84. The summed E-state index contributed by atoms with van der Waals surface area (Å²) >= 11 is 7.85. The topological polar surface area (TPSA) is 75.1 Å². The number of aromatic nitrogens is 2. The lowest BCUT2D eigenvalue weighted by Crippen LogP contribution is -2.39. The van der Waals surface area contributed by atoms with Gasteiger partial charge in [0, 0.05) is 27.5 Å². The Hall–Kier alpha value is -2.37. The summed E-state index contributed by atoms with van der Waals surface area (Å²) in [7, 11) is -1.45. The maximum absolute atomic E-state index is 13.5. The van der Waals surface area contributed by atoms with Crippen molar-refractivity contribution in [3.05, 3.63) is 82.1 Å². The fraction of sp³-hybridized carbons (Fsp3) is 0.308. The Balaban J connectivity index is 1.84. The van der Waals surface area contributed by atoms with E-state index in [0.29, 0.717) is 22.0 Å². The highest BCUT2D eigenvalue weighted by Gasteiger charge is 2.51. The van der Waals surface area contributed by atoms with E-state index < -0.39 is 33.6 Å². The fourth-order valence-electron chi connectivity index (χ4n) is 3.61. The molecule has 0 aliphatic rings. The molecule has 4 rings (SSSR count). The number of halogens is 4.